The minimum atomic E-state index is -0.367. The van der Waals surface area contributed by atoms with Crippen molar-refractivity contribution in [1.29, 1.82) is 0 Å². The summed E-state index contributed by atoms with van der Waals surface area (Å²) >= 11 is 7.09. The number of nitrogens with zero attached hydrogens (tertiary/aromatic N) is 2. The minimum Gasteiger partial charge on any atom is -0.368 e. The van der Waals surface area contributed by atoms with Crippen molar-refractivity contribution >= 4 is 46.1 Å². The third-order valence-corrected chi connectivity index (χ3v) is 6.55. The number of carbonyl (C=O) groups is 2. The minimum absolute atomic E-state index is 0.0360. The van der Waals surface area contributed by atoms with Gasteiger partial charge in [0.25, 0.3) is 5.91 Å². The van der Waals surface area contributed by atoms with Crippen molar-refractivity contribution in [3.05, 3.63) is 45.4 Å². The zero-order valence-electron chi connectivity index (χ0n) is 17.7. The molecule has 3 N–H and O–H groups in total. The van der Waals surface area contributed by atoms with Crippen molar-refractivity contribution < 1.29 is 14.0 Å². The van der Waals surface area contributed by atoms with E-state index in [-0.39, 0.29) is 29.6 Å². The number of benzene rings is 1. The van der Waals surface area contributed by atoms with Crippen molar-refractivity contribution in [3.8, 4) is 0 Å². The summed E-state index contributed by atoms with van der Waals surface area (Å²) in [5.74, 6) is -0.789. The van der Waals surface area contributed by atoms with E-state index in [0.29, 0.717) is 40.2 Å². The Labute approximate surface area is 191 Å². The highest BCUT2D eigenvalue weighted by Crippen LogP contribution is 2.28. The molecule has 9 heteroatoms. The Balaban J connectivity index is 1.63. The van der Waals surface area contributed by atoms with Gasteiger partial charge in [-0.15, -0.1) is 11.3 Å². The first-order chi connectivity index (χ1) is 14.7. The average molecular weight is 467 g/mol. The second-order valence-corrected chi connectivity index (χ2v) is 9.75. The van der Waals surface area contributed by atoms with Gasteiger partial charge in [-0.2, -0.15) is 0 Å². The number of carbonyl (C=O) groups excluding carboxylic acids is 2. The topological polar surface area (TPSA) is 78.7 Å². The molecule has 0 saturated carbocycles. The second kappa shape index (κ2) is 10.4. The Morgan fingerprint density at radius 2 is 2.16 bits per heavy atom. The summed E-state index contributed by atoms with van der Waals surface area (Å²) in [5.41, 5.74) is 7.03. The van der Waals surface area contributed by atoms with E-state index < -0.39 is 0 Å². The Bertz CT molecular complexity index is 938. The SMILES string of the molecule is CC(=O)N(CC(C)CNC(=O)c1ccc(Cl)s1)c1ccc(N2CCCC(N)C2)c(F)c1. The van der Waals surface area contributed by atoms with Gasteiger partial charge in [-0.25, -0.2) is 4.39 Å². The van der Waals surface area contributed by atoms with E-state index in [0.717, 1.165) is 19.4 Å². The number of thiophene rings is 1. The Morgan fingerprint density at radius 3 is 2.77 bits per heavy atom. The number of halogens is 2. The summed E-state index contributed by atoms with van der Waals surface area (Å²) in [6, 6.07) is 8.27. The fraction of sp³-hybridized carbons (Fsp3) is 0.455. The molecule has 2 heterocycles. The lowest BCUT2D eigenvalue weighted by molar-refractivity contribution is -0.116. The van der Waals surface area contributed by atoms with Crippen LogP contribution in [0.4, 0.5) is 15.8 Å². The van der Waals surface area contributed by atoms with E-state index in [4.69, 9.17) is 17.3 Å². The van der Waals surface area contributed by atoms with E-state index in [1.807, 2.05) is 11.8 Å². The molecule has 0 spiro atoms. The van der Waals surface area contributed by atoms with Crippen LogP contribution in [0, 0.1) is 11.7 Å². The number of rotatable bonds is 7. The number of nitrogens with one attached hydrogen (secondary N) is 1. The number of piperidine rings is 1. The molecule has 1 fully saturated rings. The highest BCUT2D eigenvalue weighted by molar-refractivity contribution is 7.17. The van der Waals surface area contributed by atoms with Crippen LogP contribution < -0.4 is 20.9 Å². The molecule has 1 aromatic carbocycles. The molecule has 2 amide bonds. The molecule has 2 aromatic rings. The smallest absolute Gasteiger partial charge is 0.261 e. The van der Waals surface area contributed by atoms with Gasteiger partial charge in [0, 0.05) is 44.8 Å². The standard InChI is InChI=1S/C22H28ClFN4O2S/c1-14(11-26-22(30)20-7-8-21(23)31-20)12-28(15(2)29)17-5-6-19(18(24)10-17)27-9-3-4-16(25)13-27/h5-8,10,14,16H,3-4,9,11-13,25H2,1-2H3,(H,26,30). The fourth-order valence-corrected chi connectivity index (χ4v) is 4.69. The molecular formula is C22H28ClFN4O2S. The first-order valence-electron chi connectivity index (χ1n) is 10.4. The summed E-state index contributed by atoms with van der Waals surface area (Å²) in [5, 5.41) is 2.86. The predicted molar refractivity (Wildman–Crippen MR) is 125 cm³/mol. The average Bonchev–Trinajstić information content (AvgIpc) is 3.16. The van der Waals surface area contributed by atoms with Crippen LogP contribution in [0.3, 0.4) is 0 Å². The first kappa shape index (κ1) is 23.5. The van der Waals surface area contributed by atoms with Crippen LogP contribution in [0.15, 0.2) is 30.3 Å². The number of nitrogens with two attached hydrogens (primary N) is 1. The Kier molecular flexibility index (Phi) is 7.91. The largest absolute Gasteiger partial charge is 0.368 e. The zero-order chi connectivity index (χ0) is 22.5. The van der Waals surface area contributed by atoms with Gasteiger partial charge >= 0.3 is 0 Å². The third kappa shape index (κ3) is 6.18. The van der Waals surface area contributed by atoms with Crippen LogP contribution in [0.25, 0.3) is 0 Å². The molecule has 1 aliphatic rings. The van der Waals surface area contributed by atoms with Gasteiger partial charge in [0.1, 0.15) is 5.82 Å². The molecule has 3 rings (SSSR count). The molecule has 168 valence electrons. The lowest BCUT2D eigenvalue weighted by atomic mass is 10.1. The Hall–Kier alpha value is -2.16. The van der Waals surface area contributed by atoms with E-state index in [1.165, 1.54) is 29.2 Å². The zero-order valence-corrected chi connectivity index (χ0v) is 19.3. The highest BCUT2D eigenvalue weighted by Gasteiger charge is 2.22. The summed E-state index contributed by atoms with van der Waals surface area (Å²) in [6.45, 7) is 5.51. The predicted octanol–water partition coefficient (Wildman–Crippen LogP) is 3.89. The van der Waals surface area contributed by atoms with Crippen LogP contribution in [0.5, 0.6) is 0 Å². The summed E-state index contributed by atoms with van der Waals surface area (Å²) in [6.07, 6.45) is 1.88. The van der Waals surface area contributed by atoms with Crippen molar-refractivity contribution in [1.82, 2.24) is 5.32 Å². The van der Waals surface area contributed by atoms with Gasteiger partial charge in [-0.3, -0.25) is 9.59 Å². The molecule has 1 aliphatic heterocycles. The normalized spacial score (nSPS) is 17.3. The molecule has 1 aromatic heterocycles. The number of hydrogen-bond acceptors (Lipinski definition) is 5. The number of amides is 2. The molecule has 0 aliphatic carbocycles. The van der Waals surface area contributed by atoms with E-state index in [2.05, 4.69) is 5.32 Å². The summed E-state index contributed by atoms with van der Waals surface area (Å²) in [7, 11) is 0. The molecule has 0 radical (unpaired) electrons. The van der Waals surface area contributed by atoms with E-state index >= 15 is 0 Å². The lowest BCUT2D eigenvalue weighted by Crippen LogP contribution is -2.43. The van der Waals surface area contributed by atoms with Gasteiger partial charge in [0.2, 0.25) is 5.91 Å². The number of hydrogen-bond donors (Lipinski definition) is 2. The Morgan fingerprint density at radius 1 is 1.39 bits per heavy atom. The number of anilines is 2. The van der Waals surface area contributed by atoms with Crippen molar-refractivity contribution in [3.63, 3.8) is 0 Å². The monoisotopic (exact) mass is 466 g/mol. The van der Waals surface area contributed by atoms with Crippen LogP contribution in [0.2, 0.25) is 4.34 Å². The van der Waals surface area contributed by atoms with Gasteiger partial charge in [-0.1, -0.05) is 18.5 Å². The van der Waals surface area contributed by atoms with Crippen LogP contribution in [-0.2, 0) is 4.79 Å². The quantitative estimate of drug-likeness (QED) is 0.649. The van der Waals surface area contributed by atoms with Gasteiger partial charge in [0.05, 0.1) is 14.9 Å². The van der Waals surface area contributed by atoms with Gasteiger partial charge in [0.15, 0.2) is 0 Å². The van der Waals surface area contributed by atoms with Crippen LogP contribution in [-0.4, -0.2) is 44.0 Å². The molecule has 2 atom stereocenters. The molecular weight excluding hydrogens is 439 g/mol. The van der Waals surface area contributed by atoms with Crippen molar-refractivity contribution in [2.45, 2.75) is 32.7 Å². The van der Waals surface area contributed by atoms with Gasteiger partial charge < -0.3 is 20.9 Å². The van der Waals surface area contributed by atoms with Crippen LogP contribution >= 0.6 is 22.9 Å². The second-order valence-electron chi connectivity index (χ2n) is 8.03. The fourth-order valence-electron chi connectivity index (χ4n) is 3.73. The van der Waals surface area contributed by atoms with E-state index in [9.17, 15) is 14.0 Å². The maximum absolute atomic E-state index is 14.9. The van der Waals surface area contributed by atoms with Crippen LogP contribution in [0.1, 0.15) is 36.4 Å². The maximum Gasteiger partial charge on any atom is 0.261 e. The lowest BCUT2D eigenvalue weighted by Gasteiger charge is -2.33. The summed E-state index contributed by atoms with van der Waals surface area (Å²) in [4.78, 5) is 28.5. The van der Waals surface area contributed by atoms with E-state index in [1.54, 1.807) is 24.3 Å². The summed E-state index contributed by atoms with van der Waals surface area (Å²) < 4.78 is 15.4. The highest BCUT2D eigenvalue weighted by atomic mass is 35.5. The maximum atomic E-state index is 14.9. The molecule has 6 nitrogen and oxygen atoms in total. The third-order valence-electron chi connectivity index (χ3n) is 5.32. The van der Waals surface area contributed by atoms with Gasteiger partial charge in [-0.05, 0) is 49.1 Å². The molecule has 31 heavy (non-hydrogen) atoms. The molecule has 0 bridgehead atoms. The van der Waals surface area contributed by atoms with Crippen molar-refractivity contribution in [2.24, 2.45) is 11.7 Å². The molecule has 1 saturated heterocycles. The van der Waals surface area contributed by atoms with Crippen molar-refractivity contribution in [2.75, 3.05) is 36.0 Å². The molecule has 2 unspecified atom stereocenters. The first-order valence-corrected chi connectivity index (χ1v) is 11.6.